The Balaban J connectivity index is 3.17. The molecule has 0 aliphatic heterocycles. The summed E-state index contributed by atoms with van der Waals surface area (Å²) in [4.78, 5) is 0. The lowest BCUT2D eigenvalue weighted by Crippen LogP contribution is -2.19. The van der Waals surface area contributed by atoms with Gasteiger partial charge in [0.05, 0.1) is 0 Å². The van der Waals surface area contributed by atoms with Crippen LogP contribution in [-0.2, 0) is 11.8 Å². The van der Waals surface area contributed by atoms with Crippen molar-refractivity contribution < 1.29 is 0 Å². The number of rotatable bonds is 1. The maximum atomic E-state index is 5.62. The Hall–Kier alpha value is 0.220. The standard InChI is InChI=1S/C10H15PS2/c1-10(2,3)11(12,13)9-7-5-4-6-8-9/h4-8H,1-3H3,(H,12,13). The molecule has 1 atom stereocenters. The third-order valence-electron chi connectivity index (χ3n) is 2.02. The van der Waals surface area contributed by atoms with Crippen LogP contribution in [0.15, 0.2) is 30.3 Å². The van der Waals surface area contributed by atoms with Crippen LogP contribution in [0.2, 0.25) is 0 Å². The van der Waals surface area contributed by atoms with Crippen LogP contribution in [0.25, 0.3) is 0 Å². The molecule has 0 heterocycles. The number of hydrogen-bond donors (Lipinski definition) is 1. The fourth-order valence-corrected chi connectivity index (χ4v) is 3.13. The second-order valence-electron chi connectivity index (χ2n) is 4.08. The molecule has 0 radical (unpaired) electrons. The lowest BCUT2D eigenvalue weighted by Gasteiger charge is -2.30. The third-order valence-corrected chi connectivity index (χ3v) is 9.60. The molecule has 0 bridgehead atoms. The van der Waals surface area contributed by atoms with E-state index in [1.165, 1.54) is 5.30 Å². The highest BCUT2D eigenvalue weighted by Crippen LogP contribution is 2.60. The summed E-state index contributed by atoms with van der Waals surface area (Å²) in [7, 11) is 0. The molecule has 0 amide bonds. The van der Waals surface area contributed by atoms with E-state index in [-0.39, 0.29) is 5.16 Å². The summed E-state index contributed by atoms with van der Waals surface area (Å²) in [5.41, 5.74) is 0. The molecular formula is C10H15PS2. The van der Waals surface area contributed by atoms with Crippen LogP contribution in [-0.4, -0.2) is 5.16 Å². The summed E-state index contributed by atoms with van der Waals surface area (Å²) in [5, 5.41) is -0.402. The second kappa shape index (κ2) is 3.76. The van der Waals surface area contributed by atoms with Gasteiger partial charge in [-0.1, -0.05) is 62.9 Å². The van der Waals surface area contributed by atoms with E-state index in [0.717, 1.165) is 0 Å². The van der Waals surface area contributed by atoms with Crippen molar-refractivity contribution >= 4 is 34.6 Å². The summed E-state index contributed by atoms with van der Waals surface area (Å²) in [6, 6.07) is 10.2. The van der Waals surface area contributed by atoms with Gasteiger partial charge in [0.15, 0.2) is 0 Å². The molecule has 1 rings (SSSR count). The minimum Gasteiger partial charge on any atom is -0.136 e. The largest absolute Gasteiger partial charge is 0.136 e. The van der Waals surface area contributed by atoms with Crippen molar-refractivity contribution in [3.8, 4) is 0 Å². The van der Waals surface area contributed by atoms with E-state index in [1.807, 2.05) is 18.2 Å². The minimum absolute atomic E-state index is 0.0901. The Morgan fingerprint density at radius 3 is 2.00 bits per heavy atom. The molecule has 0 saturated heterocycles. The molecule has 13 heavy (non-hydrogen) atoms. The lowest BCUT2D eigenvalue weighted by molar-refractivity contribution is 0.796. The molecule has 0 saturated carbocycles. The topological polar surface area (TPSA) is 0 Å². The Labute approximate surface area is 90.9 Å². The van der Waals surface area contributed by atoms with Crippen LogP contribution in [0.3, 0.4) is 0 Å². The predicted octanol–water partition coefficient (Wildman–Crippen LogP) is 3.43. The average Bonchev–Trinajstić information content (AvgIpc) is 2.04. The highest BCUT2D eigenvalue weighted by molar-refractivity contribution is 8.66. The van der Waals surface area contributed by atoms with Gasteiger partial charge in [-0.2, -0.15) is 0 Å². The number of benzene rings is 1. The van der Waals surface area contributed by atoms with Gasteiger partial charge in [0.2, 0.25) is 0 Å². The summed E-state index contributed by atoms with van der Waals surface area (Å²) in [6.45, 7) is 6.48. The Morgan fingerprint density at radius 1 is 1.15 bits per heavy atom. The van der Waals surface area contributed by atoms with Crippen molar-refractivity contribution in [2.75, 3.05) is 0 Å². The molecule has 3 heteroatoms. The van der Waals surface area contributed by atoms with Crippen molar-refractivity contribution in [1.82, 2.24) is 0 Å². The van der Waals surface area contributed by atoms with Crippen molar-refractivity contribution in [2.24, 2.45) is 0 Å². The van der Waals surface area contributed by atoms with E-state index >= 15 is 0 Å². The van der Waals surface area contributed by atoms with Gasteiger partial charge in [-0.05, 0) is 5.30 Å². The van der Waals surface area contributed by atoms with Crippen molar-refractivity contribution in [2.45, 2.75) is 25.9 Å². The first kappa shape index (κ1) is 11.3. The van der Waals surface area contributed by atoms with Crippen LogP contribution in [0.1, 0.15) is 20.8 Å². The van der Waals surface area contributed by atoms with Crippen LogP contribution in [0.5, 0.6) is 0 Å². The zero-order valence-electron chi connectivity index (χ0n) is 8.19. The SMILES string of the molecule is CC(C)(C)P(=S)(S)c1ccccc1. The molecule has 1 aromatic rings. The third kappa shape index (κ3) is 2.37. The Kier molecular flexibility index (Phi) is 3.27. The molecule has 72 valence electrons. The maximum absolute atomic E-state index is 5.62. The van der Waals surface area contributed by atoms with Gasteiger partial charge in [0.25, 0.3) is 0 Å². The molecule has 0 N–H and O–H groups in total. The Morgan fingerprint density at radius 2 is 1.62 bits per heavy atom. The zero-order valence-corrected chi connectivity index (χ0v) is 10.8. The van der Waals surface area contributed by atoms with Gasteiger partial charge in [-0.3, -0.25) is 0 Å². The van der Waals surface area contributed by atoms with Crippen molar-refractivity contribution in [3.05, 3.63) is 30.3 Å². The maximum Gasteiger partial charge on any atom is 0.0359 e. The van der Waals surface area contributed by atoms with E-state index in [4.69, 9.17) is 11.8 Å². The average molecular weight is 230 g/mol. The molecular weight excluding hydrogens is 215 g/mol. The van der Waals surface area contributed by atoms with E-state index in [2.05, 4.69) is 45.2 Å². The van der Waals surface area contributed by atoms with Gasteiger partial charge in [-0.25, -0.2) is 0 Å². The Bertz CT molecular complexity index is 325. The lowest BCUT2D eigenvalue weighted by atomic mass is 10.3. The molecule has 0 aliphatic rings. The van der Waals surface area contributed by atoms with Crippen molar-refractivity contribution in [1.29, 1.82) is 0 Å². The smallest absolute Gasteiger partial charge is 0.0359 e. The molecule has 1 aromatic carbocycles. The monoisotopic (exact) mass is 230 g/mol. The van der Waals surface area contributed by atoms with Gasteiger partial charge in [0, 0.05) is 10.4 Å². The van der Waals surface area contributed by atoms with Crippen LogP contribution < -0.4 is 5.30 Å². The normalized spacial score (nSPS) is 16.6. The van der Waals surface area contributed by atoms with E-state index in [9.17, 15) is 0 Å². The molecule has 0 aliphatic carbocycles. The first-order chi connectivity index (χ1) is 5.86. The van der Waals surface area contributed by atoms with Crippen LogP contribution >= 0.6 is 17.5 Å². The zero-order chi connectivity index (χ0) is 10.1. The first-order valence-electron chi connectivity index (χ1n) is 4.24. The molecule has 0 spiro atoms. The van der Waals surface area contributed by atoms with E-state index < -0.39 is 5.24 Å². The molecule has 0 fully saturated rings. The quantitative estimate of drug-likeness (QED) is 0.569. The van der Waals surface area contributed by atoms with Crippen LogP contribution in [0, 0.1) is 0 Å². The first-order valence-corrected chi connectivity index (χ1v) is 8.20. The van der Waals surface area contributed by atoms with Gasteiger partial charge in [0.1, 0.15) is 0 Å². The van der Waals surface area contributed by atoms with Gasteiger partial charge < -0.3 is 0 Å². The van der Waals surface area contributed by atoms with E-state index in [1.54, 1.807) is 0 Å². The second-order valence-corrected chi connectivity index (χ2v) is 11.3. The van der Waals surface area contributed by atoms with Crippen LogP contribution in [0.4, 0.5) is 0 Å². The molecule has 1 unspecified atom stereocenters. The fourth-order valence-electron chi connectivity index (χ4n) is 1.02. The van der Waals surface area contributed by atoms with Gasteiger partial charge in [-0.15, -0.1) is 12.2 Å². The van der Waals surface area contributed by atoms with Gasteiger partial charge >= 0.3 is 0 Å². The van der Waals surface area contributed by atoms with Crippen molar-refractivity contribution in [3.63, 3.8) is 0 Å². The number of thiol groups is 1. The minimum atomic E-state index is -1.70. The predicted molar refractivity (Wildman–Crippen MR) is 69.1 cm³/mol. The highest BCUT2D eigenvalue weighted by Gasteiger charge is 2.29. The number of hydrogen-bond acceptors (Lipinski definition) is 1. The summed E-state index contributed by atoms with van der Waals surface area (Å²) >= 11 is 10.3. The highest BCUT2D eigenvalue weighted by atomic mass is 32.9. The summed E-state index contributed by atoms with van der Waals surface area (Å²) in [6.07, 6.45) is 0. The summed E-state index contributed by atoms with van der Waals surface area (Å²) in [5.74, 6) is 0. The van der Waals surface area contributed by atoms with E-state index in [0.29, 0.717) is 0 Å². The fraction of sp³-hybridized carbons (Fsp3) is 0.400. The molecule has 0 nitrogen and oxygen atoms in total. The molecule has 0 aromatic heterocycles. The summed E-state index contributed by atoms with van der Waals surface area (Å²) < 4.78 is 0.